The highest BCUT2D eigenvalue weighted by Gasteiger charge is 2.12. The van der Waals surface area contributed by atoms with Crippen LogP contribution in [-0.4, -0.2) is 0 Å². The Bertz CT molecular complexity index is 970. The molecule has 2 aromatic carbocycles. The van der Waals surface area contributed by atoms with Crippen LogP contribution >= 0.6 is 0 Å². The Kier molecular flexibility index (Phi) is 2.33. The van der Waals surface area contributed by atoms with E-state index in [-0.39, 0.29) is 5.43 Å². The molecule has 0 N–H and O–H groups in total. The molecule has 0 heterocycles. The van der Waals surface area contributed by atoms with E-state index >= 15 is 0 Å². The highest BCUT2D eigenvalue weighted by molar-refractivity contribution is 6.14. The fourth-order valence-electron chi connectivity index (χ4n) is 2.90. The van der Waals surface area contributed by atoms with Crippen molar-refractivity contribution in [3.05, 3.63) is 83.0 Å². The van der Waals surface area contributed by atoms with Gasteiger partial charge in [0.2, 0.25) is 0 Å². The summed E-state index contributed by atoms with van der Waals surface area (Å²) in [4.78, 5) is 12.5. The lowest BCUT2D eigenvalue weighted by molar-refractivity contribution is 1.74. The summed E-state index contributed by atoms with van der Waals surface area (Å²) >= 11 is 0. The highest BCUT2D eigenvalue weighted by atomic mass is 16.1. The van der Waals surface area contributed by atoms with E-state index in [0.29, 0.717) is 0 Å². The Morgan fingerprint density at radius 3 is 2.40 bits per heavy atom. The van der Waals surface area contributed by atoms with Gasteiger partial charge in [0.25, 0.3) is 0 Å². The summed E-state index contributed by atoms with van der Waals surface area (Å²) in [5.74, 6) is 0. The second-order valence-corrected chi connectivity index (χ2v) is 5.00. The molecule has 0 aromatic heterocycles. The third kappa shape index (κ3) is 1.53. The molecule has 0 radical (unpaired) electrons. The normalized spacial score (nSPS) is 11.2. The van der Waals surface area contributed by atoms with Crippen molar-refractivity contribution < 1.29 is 0 Å². The molecule has 0 saturated carbocycles. The zero-order valence-electron chi connectivity index (χ0n) is 10.8. The molecule has 94 valence electrons. The fourth-order valence-corrected chi connectivity index (χ4v) is 2.90. The smallest absolute Gasteiger partial charge is 0.187 e. The van der Waals surface area contributed by atoms with Gasteiger partial charge in [-0.3, -0.25) is 4.79 Å². The van der Waals surface area contributed by atoms with Gasteiger partial charge in [-0.1, -0.05) is 60.7 Å². The largest absolute Gasteiger partial charge is 0.289 e. The van der Waals surface area contributed by atoms with Gasteiger partial charge in [-0.25, -0.2) is 0 Å². The highest BCUT2D eigenvalue weighted by Crippen LogP contribution is 2.34. The molecule has 0 fully saturated rings. The molecule has 0 atom stereocenters. The Morgan fingerprint density at radius 2 is 1.45 bits per heavy atom. The molecule has 0 amide bonds. The van der Waals surface area contributed by atoms with Gasteiger partial charge < -0.3 is 0 Å². The molecule has 20 heavy (non-hydrogen) atoms. The Balaban J connectivity index is 2.39. The van der Waals surface area contributed by atoms with Crippen molar-refractivity contribution in [2.75, 3.05) is 0 Å². The van der Waals surface area contributed by atoms with Gasteiger partial charge in [0, 0.05) is 5.39 Å². The van der Waals surface area contributed by atoms with Crippen molar-refractivity contribution in [3.8, 4) is 11.1 Å². The second kappa shape index (κ2) is 4.17. The molecule has 0 unspecified atom stereocenters. The number of rotatable bonds is 0. The van der Waals surface area contributed by atoms with E-state index in [1.54, 1.807) is 6.07 Å². The van der Waals surface area contributed by atoms with Gasteiger partial charge in [0.15, 0.2) is 5.43 Å². The zero-order valence-corrected chi connectivity index (χ0v) is 10.8. The van der Waals surface area contributed by atoms with E-state index in [4.69, 9.17) is 0 Å². The number of hydrogen-bond donors (Lipinski definition) is 0. The number of fused-ring (bicyclic) bond motifs is 5. The van der Waals surface area contributed by atoms with Gasteiger partial charge >= 0.3 is 0 Å². The van der Waals surface area contributed by atoms with Crippen molar-refractivity contribution in [2.45, 2.75) is 0 Å². The molecule has 2 aliphatic carbocycles. The first-order valence-corrected chi connectivity index (χ1v) is 6.68. The van der Waals surface area contributed by atoms with Crippen molar-refractivity contribution in [1.29, 1.82) is 0 Å². The van der Waals surface area contributed by atoms with Crippen molar-refractivity contribution in [3.63, 3.8) is 0 Å². The monoisotopic (exact) mass is 256 g/mol. The van der Waals surface area contributed by atoms with E-state index in [0.717, 1.165) is 32.7 Å². The quantitative estimate of drug-likeness (QED) is 0.454. The van der Waals surface area contributed by atoms with Crippen LogP contribution in [0.15, 0.2) is 77.6 Å². The molecule has 0 saturated heterocycles. The van der Waals surface area contributed by atoms with Gasteiger partial charge in [-0.2, -0.15) is 0 Å². The zero-order chi connectivity index (χ0) is 13.5. The van der Waals surface area contributed by atoms with E-state index in [1.807, 2.05) is 48.5 Å². The summed E-state index contributed by atoms with van der Waals surface area (Å²) in [5, 5.41) is 4.08. The first kappa shape index (κ1) is 11.2. The SMILES string of the molecule is O=c1ccc2ccccc2c2cc3cccccc-3c12. The minimum atomic E-state index is 0.0809. The molecule has 0 bridgehead atoms. The predicted molar refractivity (Wildman–Crippen MR) is 84.3 cm³/mol. The molecule has 1 nitrogen and oxygen atoms in total. The first-order chi connectivity index (χ1) is 9.84. The maximum atomic E-state index is 12.5. The molecular formula is C19H12O. The van der Waals surface area contributed by atoms with Crippen molar-refractivity contribution in [2.24, 2.45) is 0 Å². The minimum Gasteiger partial charge on any atom is -0.289 e. The van der Waals surface area contributed by atoms with Crippen molar-refractivity contribution >= 4 is 21.5 Å². The maximum Gasteiger partial charge on any atom is 0.187 e. The third-order valence-electron chi connectivity index (χ3n) is 3.82. The lowest BCUT2D eigenvalue weighted by Crippen LogP contribution is -1.93. The van der Waals surface area contributed by atoms with Gasteiger partial charge in [0.05, 0.1) is 0 Å². The molecule has 0 aliphatic heterocycles. The third-order valence-corrected chi connectivity index (χ3v) is 3.82. The van der Waals surface area contributed by atoms with Crippen LogP contribution in [0.3, 0.4) is 0 Å². The first-order valence-electron chi connectivity index (χ1n) is 6.68. The number of benzene rings is 1. The van der Waals surface area contributed by atoms with Crippen LogP contribution in [-0.2, 0) is 0 Å². The van der Waals surface area contributed by atoms with Crippen LogP contribution in [0.25, 0.3) is 32.7 Å². The van der Waals surface area contributed by atoms with Crippen LogP contribution in [0.2, 0.25) is 0 Å². The van der Waals surface area contributed by atoms with E-state index in [1.165, 1.54) is 0 Å². The fraction of sp³-hybridized carbons (Fsp3) is 0. The average Bonchev–Trinajstić information content (AvgIpc) is 2.61. The summed E-state index contributed by atoms with van der Waals surface area (Å²) in [6.07, 6.45) is 0. The minimum absolute atomic E-state index is 0.0809. The Hall–Kier alpha value is -2.67. The van der Waals surface area contributed by atoms with E-state index in [2.05, 4.69) is 18.2 Å². The van der Waals surface area contributed by atoms with Gasteiger partial charge in [-0.05, 0) is 39.4 Å². The Labute approximate surface area is 116 Å². The van der Waals surface area contributed by atoms with E-state index in [9.17, 15) is 4.79 Å². The lowest BCUT2D eigenvalue weighted by Gasteiger charge is -1.92. The van der Waals surface area contributed by atoms with Gasteiger partial charge in [-0.15, -0.1) is 0 Å². The topological polar surface area (TPSA) is 17.1 Å². The molecular weight excluding hydrogens is 244 g/mol. The van der Waals surface area contributed by atoms with Gasteiger partial charge in [0.1, 0.15) is 0 Å². The average molecular weight is 256 g/mol. The Morgan fingerprint density at radius 1 is 0.650 bits per heavy atom. The lowest BCUT2D eigenvalue weighted by atomic mass is 10.1. The molecule has 1 heteroatoms. The predicted octanol–water partition coefficient (Wildman–Crippen LogP) is 4.46. The maximum absolute atomic E-state index is 12.5. The van der Waals surface area contributed by atoms with Crippen LogP contribution in [0, 0.1) is 0 Å². The summed E-state index contributed by atoms with van der Waals surface area (Å²) in [6.45, 7) is 0. The summed E-state index contributed by atoms with van der Waals surface area (Å²) in [6, 6.07) is 23.9. The van der Waals surface area contributed by atoms with Crippen LogP contribution in [0.4, 0.5) is 0 Å². The van der Waals surface area contributed by atoms with E-state index < -0.39 is 0 Å². The molecule has 4 rings (SSSR count). The van der Waals surface area contributed by atoms with Crippen LogP contribution in [0.5, 0.6) is 0 Å². The van der Waals surface area contributed by atoms with Crippen LogP contribution in [0.1, 0.15) is 0 Å². The molecule has 2 aromatic rings. The van der Waals surface area contributed by atoms with Crippen molar-refractivity contribution in [1.82, 2.24) is 0 Å². The number of hydrogen-bond acceptors (Lipinski definition) is 1. The second-order valence-electron chi connectivity index (χ2n) is 5.00. The van der Waals surface area contributed by atoms with Crippen LogP contribution < -0.4 is 5.43 Å². The standard InChI is InChI=1S/C19H12O/c20-18-11-10-13-6-4-5-8-15(13)17-12-14-7-2-1-3-9-16(14)19(17)18/h1-12H. The summed E-state index contributed by atoms with van der Waals surface area (Å²) < 4.78 is 0. The summed E-state index contributed by atoms with van der Waals surface area (Å²) in [5.41, 5.74) is 2.22. The summed E-state index contributed by atoms with van der Waals surface area (Å²) in [7, 11) is 0. The molecule has 0 spiro atoms. The molecule has 2 aliphatic rings.